The number of hydrogen-bond acceptors (Lipinski definition) is 2. The molecule has 1 saturated carbocycles. The lowest BCUT2D eigenvalue weighted by Gasteiger charge is -2.09. The molecule has 1 N–H and O–H groups in total. The Bertz CT molecular complexity index is 882. The Morgan fingerprint density at radius 3 is 1.86 bits per heavy atom. The summed E-state index contributed by atoms with van der Waals surface area (Å²) in [5.74, 6) is -0.455. The summed E-state index contributed by atoms with van der Waals surface area (Å²) < 4.78 is 0.167. The second kappa shape index (κ2) is 8.46. The van der Waals surface area contributed by atoms with Gasteiger partial charge in [0.2, 0.25) is 5.91 Å². The maximum absolute atomic E-state index is 12.7. The molecule has 2 unspecified atom stereocenters. The van der Waals surface area contributed by atoms with Gasteiger partial charge in [-0.15, -0.1) is 0 Å². The number of halogens is 4. The van der Waals surface area contributed by atoms with E-state index in [9.17, 15) is 4.79 Å². The quantitative estimate of drug-likeness (QED) is 0.408. The van der Waals surface area contributed by atoms with Crippen molar-refractivity contribution < 1.29 is 4.79 Å². The smallest absolute Gasteiger partial charge is 0.244 e. The summed E-state index contributed by atoms with van der Waals surface area (Å²) in [6, 6.07) is 14.5. The molecule has 1 amide bonds. The van der Waals surface area contributed by atoms with Gasteiger partial charge in [-0.25, -0.2) is 5.43 Å². The van der Waals surface area contributed by atoms with Crippen LogP contribution in [-0.2, 0) is 4.79 Å². The highest BCUT2D eigenvalue weighted by Gasteiger charge is 2.60. The molecule has 28 heavy (non-hydrogen) atoms. The molecule has 1 aliphatic rings. The van der Waals surface area contributed by atoms with Gasteiger partial charge in [-0.2, -0.15) is 5.10 Å². The number of hydrazone groups is 1. The average molecular weight is 456 g/mol. The molecule has 0 saturated heterocycles. The van der Waals surface area contributed by atoms with E-state index in [1.165, 1.54) is 0 Å². The van der Waals surface area contributed by atoms with Gasteiger partial charge in [0.1, 0.15) is 4.49 Å². The Balaban J connectivity index is 1.87. The number of amides is 1. The van der Waals surface area contributed by atoms with Crippen molar-refractivity contribution in [2.45, 2.75) is 13.8 Å². The third-order valence-electron chi connectivity index (χ3n) is 5.01. The second-order valence-electron chi connectivity index (χ2n) is 7.23. The second-order valence-corrected chi connectivity index (χ2v) is 9.11. The first-order chi connectivity index (χ1) is 13.2. The molecule has 2 aromatic rings. The summed E-state index contributed by atoms with van der Waals surface area (Å²) in [6.07, 6.45) is 1.70. The minimum absolute atomic E-state index is 0.0257. The fraction of sp³-hybridized carbons (Fsp3) is 0.238. The van der Waals surface area contributed by atoms with Gasteiger partial charge in [0, 0.05) is 21.2 Å². The maximum Gasteiger partial charge on any atom is 0.244 e. The third-order valence-corrected chi connectivity index (χ3v) is 5.77. The van der Waals surface area contributed by atoms with Crippen molar-refractivity contribution in [2.24, 2.45) is 22.4 Å². The van der Waals surface area contributed by atoms with Crippen molar-refractivity contribution in [3.63, 3.8) is 0 Å². The fourth-order valence-corrected chi connectivity index (χ4v) is 3.84. The van der Waals surface area contributed by atoms with Crippen LogP contribution in [0.25, 0.3) is 0 Å². The van der Waals surface area contributed by atoms with Crippen molar-refractivity contribution >= 4 is 58.0 Å². The van der Waals surface area contributed by atoms with Gasteiger partial charge in [0.25, 0.3) is 0 Å². The molecule has 3 nitrogen and oxygen atoms in total. The van der Waals surface area contributed by atoms with Crippen LogP contribution in [0.4, 0.5) is 0 Å². The van der Waals surface area contributed by atoms with E-state index >= 15 is 0 Å². The van der Waals surface area contributed by atoms with Gasteiger partial charge in [0.05, 0.1) is 11.6 Å². The van der Waals surface area contributed by atoms with E-state index in [-0.39, 0.29) is 27.6 Å². The zero-order chi connectivity index (χ0) is 20.5. The SMILES string of the molecule is CC1(C)C(C=C(Cl)Cl)C1C(=O)NN=C(c1ccc(Cl)cc1)c1ccc(Cl)cc1. The molecule has 146 valence electrons. The number of carbonyl (C=O) groups excluding carboxylic acids is 1. The topological polar surface area (TPSA) is 41.5 Å². The number of hydrogen-bond donors (Lipinski definition) is 1. The Kier molecular flexibility index (Phi) is 6.41. The number of nitrogens with zero attached hydrogens (tertiary/aromatic N) is 1. The molecule has 3 rings (SSSR count). The van der Waals surface area contributed by atoms with E-state index in [0.717, 1.165) is 11.1 Å². The zero-order valence-corrected chi connectivity index (χ0v) is 18.2. The third kappa shape index (κ3) is 4.72. The van der Waals surface area contributed by atoms with Crippen molar-refractivity contribution in [3.05, 3.63) is 80.3 Å². The Hall–Kier alpha value is -1.52. The van der Waals surface area contributed by atoms with Crippen molar-refractivity contribution in [2.75, 3.05) is 0 Å². The van der Waals surface area contributed by atoms with Crippen LogP contribution in [0.1, 0.15) is 25.0 Å². The Labute approximate surface area is 184 Å². The van der Waals surface area contributed by atoms with Crippen molar-refractivity contribution in [1.29, 1.82) is 0 Å². The van der Waals surface area contributed by atoms with E-state index in [2.05, 4.69) is 10.5 Å². The van der Waals surface area contributed by atoms with Gasteiger partial charge >= 0.3 is 0 Å². The summed E-state index contributed by atoms with van der Waals surface area (Å²) >= 11 is 23.5. The molecule has 0 spiro atoms. The van der Waals surface area contributed by atoms with Crippen LogP contribution < -0.4 is 5.43 Å². The number of benzene rings is 2. The molecule has 0 aromatic heterocycles. The van der Waals surface area contributed by atoms with Crippen LogP contribution in [0.15, 0.2) is 64.2 Å². The molecule has 0 heterocycles. The first-order valence-corrected chi connectivity index (χ1v) is 10.1. The first kappa shape index (κ1) is 21.2. The highest BCUT2D eigenvalue weighted by molar-refractivity contribution is 6.55. The molecular formula is C21H18Cl4N2O. The predicted molar refractivity (Wildman–Crippen MR) is 117 cm³/mol. The summed E-state index contributed by atoms with van der Waals surface area (Å²) in [6.45, 7) is 4.00. The fourth-order valence-electron chi connectivity index (χ4n) is 3.32. The van der Waals surface area contributed by atoms with Gasteiger partial charge in [0.15, 0.2) is 0 Å². The summed E-state index contributed by atoms with van der Waals surface area (Å²) in [5.41, 5.74) is 4.73. The molecular weight excluding hydrogens is 438 g/mol. The van der Waals surface area contributed by atoms with Crippen LogP contribution in [0, 0.1) is 17.3 Å². The minimum atomic E-state index is -0.250. The lowest BCUT2D eigenvalue weighted by molar-refractivity contribution is -0.123. The average Bonchev–Trinajstić information content (AvgIpc) is 3.17. The lowest BCUT2D eigenvalue weighted by Crippen LogP contribution is -2.24. The van der Waals surface area contributed by atoms with Crippen LogP contribution in [-0.4, -0.2) is 11.6 Å². The van der Waals surface area contributed by atoms with Crippen molar-refractivity contribution in [3.8, 4) is 0 Å². The molecule has 1 aliphatic carbocycles. The number of allylic oxidation sites excluding steroid dienone is 1. The van der Waals surface area contributed by atoms with Crippen LogP contribution in [0.2, 0.25) is 10.0 Å². The Morgan fingerprint density at radius 2 is 1.43 bits per heavy atom. The van der Waals surface area contributed by atoms with E-state index in [1.807, 2.05) is 38.1 Å². The van der Waals surface area contributed by atoms with E-state index in [0.29, 0.717) is 15.8 Å². The van der Waals surface area contributed by atoms with E-state index in [1.54, 1.807) is 30.3 Å². The lowest BCUT2D eigenvalue weighted by atomic mass is 10.0. The highest BCUT2D eigenvalue weighted by Crippen LogP contribution is 2.59. The normalized spacial score (nSPS) is 19.5. The van der Waals surface area contributed by atoms with E-state index < -0.39 is 0 Å². The molecule has 2 aromatic carbocycles. The highest BCUT2D eigenvalue weighted by atomic mass is 35.5. The molecule has 0 aliphatic heterocycles. The largest absolute Gasteiger partial charge is 0.273 e. The summed E-state index contributed by atoms with van der Waals surface area (Å²) in [7, 11) is 0. The van der Waals surface area contributed by atoms with Crippen molar-refractivity contribution in [1.82, 2.24) is 5.43 Å². The van der Waals surface area contributed by atoms with E-state index in [4.69, 9.17) is 46.4 Å². The molecule has 0 bridgehead atoms. The van der Waals surface area contributed by atoms with Crippen LogP contribution in [0.5, 0.6) is 0 Å². The molecule has 1 fully saturated rings. The van der Waals surface area contributed by atoms with Gasteiger partial charge in [-0.05, 0) is 41.7 Å². The summed E-state index contributed by atoms with van der Waals surface area (Å²) in [5, 5.41) is 5.65. The summed E-state index contributed by atoms with van der Waals surface area (Å²) in [4.78, 5) is 12.7. The van der Waals surface area contributed by atoms with Gasteiger partial charge in [-0.1, -0.05) is 84.5 Å². The molecule has 7 heteroatoms. The standard InChI is InChI=1S/C21H18Cl4N2O/c1-21(2)16(11-17(24)25)18(21)20(28)27-26-19(12-3-7-14(22)8-4-12)13-5-9-15(23)10-6-13/h3-11,16,18H,1-2H3,(H,27,28). The molecule has 2 atom stereocenters. The molecule has 0 radical (unpaired) electrons. The number of nitrogens with one attached hydrogen (secondary N) is 1. The Morgan fingerprint density at radius 1 is 0.964 bits per heavy atom. The zero-order valence-electron chi connectivity index (χ0n) is 15.2. The minimum Gasteiger partial charge on any atom is -0.273 e. The maximum atomic E-state index is 12.7. The van der Waals surface area contributed by atoms with Crippen LogP contribution >= 0.6 is 46.4 Å². The predicted octanol–water partition coefficient (Wildman–Crippen LogP) is 6.45. The number of carbonyl (C=O) groups is 1. The number of rotatable bonds is 5. The monoisotopic (exact) mass is 454 g/mol. The van der Waals surface area contributed by atoms with Crippen LogP contribution in [0.3, 0.4) is 0 Å². The first-order valence-electron chi connectivity index (χ1n) is 8.62. The van der Waals surface area contributed by atoms with Gasteiger partial charge < -0.3 is 0 Å². The van der Waals surface area contributed by atoms with Gasteiger partial charge in [-0.3, -0.25) is 4.79 Å².